The van der Waals surface area contributed by atoms with Crippen molar-refractivity contribution in [2.24, 2.45) is 0 Å². The van der Waals surface area contributed by atoms with Crippen LogP contribution in [0.25, 0.3) is 0 Å². The van der Waals surface area contributed by atoms with Gasteiger partial charge in [0.15, 0.2) is 15.6 Å². The summed E-state index contributed by atoms with van der Waals surface area (Å²) < 4.78 is 39.7. The molecule has 0 radical (unpaired) electrons. The van der Waals surface area contributed by atoms with Crippen LogP contribution in [0.1, 0.15) is 27.0 Å². The van der Waals surface area contributed by atoms with Crippen molar-refractivity contribution >= 4 is 50.1 Å². The fourth-order valence-corrected chi connectivity index (χ4v) is 6.75. The molecule has 0 atom stereocenters. The first kappa shape index (κ1) is 22.4. The number of amides is 2. The summed E-state index contributed by atoms with van der Waals surface area (Å²) in [6.45, 7) is 0.737. The summed E-state index contributed by atoms with van der Waals surface area (Å²) in [4.78, 5) is 39.1. The van der Waals surface area contributed by atoms with E-state index in [1.54, 1.807) is 23.6 Å². The average Bonchev–Trinajstić information content (AvgIpc) is 3.47. The lowest BCUT2D eigenvalue weighted by Crippen LogP contribution is -2.43. The molecule has 2 aliphatic heterocycles. The Labute approximate surface area is 199 Å². The molecular weight excluding hydrogens is 479 g/mol. The first-order chi connectivity index (χ1) is 16.2. The summed E-state index contributed by atoms with van der Waals surface area (Å²) in [5, 5.41) is 4.82. The molecule has 0 bridgehead atoms. The number of Topliss-reactive ketones (excluding diaryl/α,β-unsaturated/α-hetero) is 1. The fourth-order valence-electron chi connectivity index (χ4n) is 4.42. The Balaban J connectivity index is 1.36. The van der Waals surface area contributed by atoms with Crippen LogP contribution in [0.4, 0.5) is 15.8 Å². The van der Waals surface area contributed by atoms with Crippen molar-refractivity contribution in [3.05, 3.63) is 75.9 Å². The summed E-state index contributed by atoms with van der Waals surface area (Å²) in [5.41, 5.74) is 2.98. The topological polar surface area (TPSA) is 101 Å². The van der Waals surface area contributed by atoms with Gasteiger partial charge in [-0.3, -0.25) is 14.4 Å². The lowest BCUT2D eigenvalue weighted by atomic mass is 9.91. The highest BCUT2D eigenvalue weighted by Crippen LogP contribution is 2.34. The molecule has 0 saturated heterocycles. The highest BCUT2D eigenvalue weighted by molar-refractivity contribution is 7.94. The third-order valence-corrected chi connectivity index (χ3v) is 9.10. The number of sulfone groups is 1. The first-order valence-electron chi connectivity index (χ1n) is 10.6. The molecule has 3 aromatic rings. The van der Waals surface area contributed by atoms with Gasteiger partial charge in [-0.15, -0.1) is 11.3 Å². The molecule has 5 rings (SSSR count). The standard InChI is InChI=1S/C24H19FN2O5S2/c25-19-11-14(10-15(28)13-34(31,32)23-2-1-9-33-23)3-6-21(19)27-22(29)12-18-16-7-8-26-20(16)5-4-17(18)24(27)30/h1-6,9,11,26H,7-8,10,12-13H2. The van der Waals surface area contributed by atoms with Crippen molar-refractivity contribution < 1.29 is 27.2 Å². The SMILES string of the molecule is O=C(Cc1ccc(N2C(=O)Cc3c(ccc4c3CCN4)C2=O)c(F)c1)CS(=O)(=O)c1cccs1. The van der Waals surface area contributed by atoms with Crippen molar-refractivity contribution in [2.75, 3.05) is 22.5 Å². The number of hydrogen-bond donors (Lipinski definition) is 1. The van der Waals surface area contributed by atoms with Gasteiger partial charge in [0.25, 0.3) is 5.91 Å². The molecule has 10 heteroatoms. The maximum absolute atomic E-state index is 15.0. The largest absolute Gasteiger partial charge is 0.384 e. The predicted octanol–water partition coefficient (Wildman–Crippen LogP) is 3.17. The fraction of sp³-hybridized carbons (Fsp3) is 0.208. The monoisotopic (exact) mass is 498 g/mol. The van der Waals surface area contributed by atoms with Crippen LogP contribution in [0.5, 0.6) is 0 Å². The highest BCUT2D eigenvalue weighted by atomic mass is 32.2. The van der Waals surface area contributed by atoms with Crippen molar-refractivity contribution in [3.63, 3.8) is 0 Å². The molecule has 2 aromatic carbocycles. The third kappa shape index (κ3) is 3.92. The molecular formula is C24H19FN2O5S2. The molecule has 3 heterocycles. The number of hydrogen-bond acceptors (Lipinski definition) is 7. The van der Waals surface area contributed by atoms with Crippen LogP contribution in [0, 0.1) is 5.82 Å². The van der Waals surface area contributed by atoms with Crippen molar-refractivity contribution in [3.8, 4) is 0 Å². The predicted molar refractivity (Wildman–Crippen MR) is 126 cm³/mol. The van der Waals surface area contributed by atoms with Crippen LogP contribution in [-0.2, 0) is 38.7 Å². The summed E-state index contributed by atoms with van der Waals surface area (Å²) in [6.07, 6.45) is 0.427. The van der Waals surface area contributed by atoms with E-state index < -0.39 is 39.0 Å². The third-order valence-electron chi connectivity index (χ3n) is 5.94. The zero-order valence-electron chi connectivity index (χ0n) is 17.8. The Morgan fingerprint density at radius 3 is 2.68 bits per heavy atom. The van der Waals surface area contributed by atoms with E-state index in [1.807, 2.05) is 0 Å². The number of imide groups is 1. The van der Waals surface area contributed by atoms with Gasteiger partial charge in [0.1, 0.15) is 15.8 Å². The van der Waals surface area contributed by atoms with Crippen LogP contribution in [0.2, 0.25) is 0 Å². The molecule has 7 nitrogen and oxygen atoms in total. The number of halogens is 1. The second kappa shape index (κ2) is 8.44. The molecule has 2 amide bonds. The molecule has 174 valence electrons. The van der Waals surface area contributed by atoms with Gasteiger partial charge in [0.2, 0.25) is 5.91 Å². The van der Waals surface area contributed by atoms with Crippen molar-refractivity contribution in [1.29, 1.82) is 0 Å². The van der Waals surface area contributed by atoms with Crippen molar-refractivity contribution in [2.45, 2.75) is 23.5 Å². The van der Waals surface area contributed by atoms with Gasteiger partial charge < -0.3 is 5.32 Å². The van der Waals surface area contributed by atoms with Crippen LogP contribution in [0.15, 0.2) is 52.1 Å². The number of anilines is 2. The first-order valence-corrected chi connectivity index (χ1v) is 13.1. The van der Waals surface area contributed by atoms with Gasteiger partial charge in [-0.2, -0.15) is 0 Å². The Morgan fingerprint density at radius 2 is 1.94 bits per heavy atom. The average molecular weight is 499 g/mol. The summed E-state index contributed by atoms with van der Waals surface area (Å²) in [5.74, 6) is -3.22. The Kier molecular flexibility index (Phi) is 5.57. The number of ketones is 1. The van der Waals surface area contributed by atoms with E-state index in [2.05, 4.69) is 5.32 Å². The van der Waals surface area contributed by atoms with Gasteiger partial charge in [-0.1, -0.05) is 12.1 Å². The molecule has 0 fully saturated rings. The highest BCUT2D eigenvalue weighted by Gasteiger charge is 2.36. The lowest BCUT2D eigenvalue weighted by molar-refractivity contribution is -0.118. The summed E-state index contributed by atoms with van der Waals surface area (Å²) in [7, 11) is -3.75. The maximum Gasteiger partial charge on any atom is 0.265 e. The van der Waals surface area contributed by atoms with Crippen molar-refractivity contribution in [1.82, 2.24) is 0 Å². The number of carbonyl (C=O) groups is 3. The van der Waals surface area contributed by atoms with E-state index in [1.165, 1.54) is 18.2 Å². The molecule has 1 N–H and O–H groups in total. The van der Waals surface area contributed by atoms with Crippen LogP contribution >= 0.6 is 11.3 Å². The van der Waals surface area contributed by atoms with E-state index in [-0.39, 0.29) is 28.3 Å². The molecule has 0 saturated carbocycles. The number of rotatable bonds is 6. The van der Waals surface area contributed by atoms with E-state index in [0.717, 1.165) is 46.5 Å². The Morgan fingerprint density at radius 1 is 1.12 bits per heavy atom. The number of fused-ring (bicyclic) bond motifs is 3. The van der Waals surface area contributed by atoms with Gasteiger partial charge in [-0.05, 0) is 58.8 Å². The summed E-state index contributed by atoms with van der Waals surface area (Å²) in [6, 6.07) is 10.2. The second-order valence-electron chi connectivity index (χ2n) is 8.20. The molecule has 0 unspecified atom stereocenters. The van der Waals surface area contributed by atoms with Crippen LogP contribution < -0.4 is 10.2 Å². The molecule has 2 aliphatic rings. The van der Waals surface area contributed by atoms with E-state index in [9.17, 15) is 22.8 Å². The minimum Gasteiger partial charge on any atom is -0.384 e. The molecule has 0 aliphatic carbocycles. The zero-order chi connectivity index (χ0) is 24.0. The molecule has 34 heavy (non-hydrogen) atoms. The molecule has 0 spiro atoms. The lowest BCUT2D eigenvalue weighted by Gasteiger charge is -2.28. The zero-order valence-corrected chi connectivity index (χ0v) is 19.5. The van der Waals surface area contributed by atoms with Gasteiger partial charge in [-0.25, -0.2) is 17.7 Å². The van der Waals surface area contributed by atoms with Gasteiger partial charge in [0, 0.05) is 24.2 Å². The van der Waals surface area contributed by atoms with E-state index in [4.69, 9.17) is 0 Å². The van der Waals surface area contributed by atoms with E-state index >= 15 is 4.39 Å². The number of benzene rings is 2. The Hall–Kier alpha value is -3.37. The smallest absolute Gasteiger partial charge is 0.265 e. The summed E-state index contributed by atoms with van der Waals surface area (Å²) >= 11 is 1.03. The number of nitrogens with zero attached hydrogens (tertiary/aromatic N) is 1. The van der Waals surface area contributed by atoms with Gasteiger partial charge >= 0.3 is 0 Å². The van der Waals surface area contributed by atoms with Crippen LogP contribution in [-0.4, -0.2) is 38.3 Å². The number of nitrogens with one attached hydrogen (secondary N) is 1. The maximum atomic E-state index is 15.0. The quantitative estimate of drug-likeness (QED) is 0.524. The van der Waals surface area contributed by atoms with E-state index in [0.29, 0.717) is 11.1 Å². The normalized spacial score (nSPS) is 15.1. The Bertz CT molecular complexity index is 1450. The number of carbonyl (C=O) groups excluding carboxylic acids is 3. The second-order valence-corrected chi connectivity index (χ2v) is 11.4. The molecule has 1 aromatic heterocycles. The number of thiophene rings is 1. The van der Waals surface area contributed by atoms with Crippen LogP contribution in [0.3, 0.4) is 0 Å². The minimum atomic E-state index is -3.75. The minimum absolute atomic E-state index is 0.00775. The van der Waals surface area contributed by atoms with Gasteiger partial charge in [0.05, 0.1) is 12.1 Å².